The number of nitrogens with two attached hydrogens (primary N) is 1. The maximum Gasteiger partial charge on any atom is 0.214 e. The third-order valence-corrected chi connectivity index (χ3v) is 4.71. The summed E-state index contributed by atoms with van der Waals surface area (Å²) in [5.74, 6) is 0.438. The zero-order valence-corrected chi connectivity index (χ0v) is 12.0. The third-order valence-electron chi connectivity index (χ3n) is 3.29. The van der Waals surface area contributed by atoms with E-state index in [4.69, 9.17) is 10.5 Å². The van der Waals surface area contributed by atoms with E-state index in [9.17, 15) is 8.42 Å². The van der Waals surface area contributed by atoms with Gasteiger partial charge in [0.15, 0.2) is 0 Å². The van der Waals surface area contributed by atoms with Crippen LogP contribution in [0.5, 0.6) is 0 Å². The average Bonchev–Trinajstić information content (AvgIpc) is 2.79. The molecule has 1 aliphatic heterocycles. The first kappa shape index (κ1) is 15.9. The van der Waals surface area contributed by atoms with Crippen molar-refractivity contribution in [3.8, 4) is 0 Å². The van der Waals surface area contributed by atoms with Crippen molar-refractivity contribution >= 4 is 10.0 Å². The quantitative estimate of drug-likeness (QED) is 0.655. The van der Waals surface area contributed by atoms with Crippen molar-refractivity contribution in [2.45, 2.75) is 45.1 Å². The monoisotopic (exact) mass is 278 g/mol. The van der Waals surface area contributed by atoms with Gasteiger partial charge in [0.05, 0.1) is 11.9 Å². The van der Waals surface area contributed by atoms with Crippen LogP contribution in [0.3, 0.4) is 0 Å². The second-order valence-electron chi connectivity index (χ2n) is 5.00. The molecule has 18 heavy (non-hydrogen) atoms. The SMILES string of the molecule is CCCC(CCN)CNS(=O)(=O)CC1CCCO1. The van der Waals surface area contributed by atoms with Gasteiger partial charge in [-0.15, -0.1) is 0 Å². The molecule has 3 N–H and O–H groups in total. The first-order valence-electron chi connectivity index (χ1n) is 6.86. The Hall–Kier alpha value is -0.170. The summed E-state index contributed by atoms with van der Waals surface area (Å²) in [4.78, 5) is 0. The molecule has 0 aromatic carbocycles. The maximum atomic E-state index is 11.9. The summed E-state index contributed by atoms with van der Waals surface area (Å²) in [5.41, 5.74) is 5.53. The van der Waals surface area contributed by atoms with E-state index in [1.807, 2.05) is 0 Å². The molecule has 0 saturated carbocycles. The number of ether oxygens (including phenoxy) is 1. The van der Waals surface area contributed by atoms with Gasteiger partial charge < -0.3 is 10.5 Å². The predicted octanol–water partition coefficient (Wildman–Crippen LogP) is 0.850. The van der Waals surface area contributed by atoms with Gasteiger partial charge in [-0.2, -0.15) is 0 Å². The number of hydrogen-bond acceptors (Lipinski definition) is 4. The summed E-state index contributed by atoms with van der Waals surface area (Å²) in [6, 6.07) is 0. The van der Waals surface area contributed by atoms with E-state index in [0.29, 0.717) is 25.6 Å². The van der Waals surface area contributed by atoms with Gasteiger partial charge in [0.2, 0.25) is 10.0 Å². The van der Waals surface area contributed by atoms with Crippen LogP contribution >= 0.6 is 0 Å². The number of nitrogens with one attached hydrogen (secondary N) is 1. The highest BCUT2D eigenvalue weighted by atomic mass is 32.2. The Balaban J connectivity index is 2.34. The molecule has 0 spiro atoms. The maximum absolute atomic E-state index is 11.9. The van der Waals surface area contributed by atoms with Gasteiger partial charge in [-0.1, -0.05) is 13.3 Å². The van der Waals surface area contributed by atoms with Crippen LogP contribution in [0.15, 0.2) is 0 Å². The van der Waals surface area contributed by atoms with Gasteiger partial charge in [0, 0.05) is 13.2 Å². The normalized spacial score (nSPS) is 22.2. The molecule has 1 aliphatic rings. The van der Waals surface area contributed by atoms with Crippen LogP contribution in [0.25, 0.3) is 0 Å². The van der Waals surface area contributed by atoms with Crippen molar-refractivity contribution in [2.24, 2.45) is 11.7 Å². The van der Waals surface area contributed by atoms with Gasteiger partial charge in [-0.05, 0) is 38.1 Å². The number of hydrogen-bond donors (Lipinski definition) is 2. The molecule has 0 bridgehead atoms. The summed E-state index contributed by atoms with van der Waals surface area (Å²) in [5, 5.41) is 0. The lowest BCUT2D eigenvalue weighted by molar-refractivity contribution is 0.127. The van der Waals surface area contributed by atoms with Gasteiger partial charge in [0.25, 0.3) is 0 Å². The Morgan fingerprint density at radius 2 is 2.22 bits per heavy atom. The molecule has 1 heterocycles. The molecule has 1 saturated heterocycles. The molecule has 0 radical (unpaired) electrons. The van der Waals surface area contributed by atoms with E-state index < -0.39 is 10.0 Å². The highest BCUT2D eigenvalue weighted by molar-refractivity contribution is 7.89. The van der Waals surface area contributed by atoms with Crippen molar-refractivity contribution in [1.82, 2.24) is 4.72 Å². The van der Waals surface area contributed by atoms with E-state index >= 15 is 0 Å². The molecule has 0 aromatic heterocycles. The number of rotatable bonds is 9. The summed E-state index contributed by atoms with van der Waals surface area (Å²) in [6.45, 7) is 3.90. The summed E-state index contributed by atoms with van der Waals surface area (Å²) < 4.78 is 31.8. The summed E-state index contributed by atoms with van der Waals surface area (Å²) in [7, 11) is -3.21. The summed E-state index contributed by atoms with van der Waals surface area (Å²) >= 11 is 0. The van der Waals surface area contributed by atoms with Crippen molar-refractivity contribution in [3.05, 3.63) is 0 Å². The van der Waals surface area contributed by atoms with Crippen molar-refractivity contribution < 1.29 is 13.2 Å². The molecule has 108 valence electrons. The summed E-state index contributed by atoms with van der Waals surface area (Å²) in [6.07, 6.45) is 4.63. The molecule has 6 heteroatoms. The van der Waals surface area contributed by atoms with Crippen molar-refractivity contribution in [3.63, 3.8) is 0 Å². The minimum Gasteiger partial charge on any atom is -0.377 e. The van der Waals surface area contributed by atoms with E-state index in [1.165, 1.54) is 0 Å². The zero-order valence-electron chi connectivity index (χ0n) is 11.2. The van der Waals surface area contributed by atoms with Crippen LogP contribution in [0.4, 0.5) is 0 Å². The lowest BCUT2D eigenvalue weighted by Crippen LogP contribution is -2.35. The van der Waals surface area contributed by atoms with E-state index in [2.05, 4.69) is 11.6 Å². The minimum absolute atomic E-state index is 0.0917. The Labute approximate surface area is 111 Å². The van der Waals surface area contributed by atoms with Gasteiger partial charge in [-0.25, -0.2) is 13.1 Å². The van der Waals surface area contributed by atoms with E-state index in [1.54, 1.807) is 0 Å². The topological polar surface area (TPSA) is 81.4 Å². The first-order chi connectivity index (χ1) is 8.57. The highest BCUT2D eigenvalue weighted by Crippen LogP contribution is 2.14. The van der Waals surface area contributed by atoms with Crippen LogP contribution in [0.2, 0.25) is 0 Å². The Kier molecular flexibility index (Phi) is 7.14. The van der Waals surface area contributed by atoms with Gasteiger partial charge in [-0.3, -0.25) is 0 Å². The fourth-order valence-electron chi connectivity index (χ4n) is 2.32. The van der Waals surface area contributed by atoms with Crippen LogP contribution in [0.1, 0.15) is 39.0 Å². The molecule has 0 aliphatic carbocycles. The molecule has 1 fully saturated rings. The molecule has 1 rings (SSSR count). The van der Waals surface area contributed by atoms with Crippen LogP contribution in [0, 0.1) is 5.92 Å². The van der Waals surface area contributed by atoms with Crippen molar-refractivity contribution in [2.75, 3.05) is 25.4 Å². The molecule has 2 unspecified atom stereocenters. The second kappa shape index (κ2) is 8.09. The lowest BCUT2D eigenvalue weighted by Gasteiger charge is -2.17. The molecule has 0 amide bonds. The lowest BCUT2D eigenvalue weighted by atomic mass is 10.0. The zero-order chi connectivity index (χ0) is 13.4. The Morgan fingerprint density at radius 3 is 2.78 bits per heavy atom. The first-order valence-corrected chi connectivity index (χ1v) is 8.51. The third kappa shape index (κ3) is 6.13. The largest absolute Gasteiger partial charge is 0.377 e. The van der Waals surface area contributed by atoms with Crippen molar-refractivity contribution in [1.29, 1.82) is 0 Å². The average molecular weight is 278 g/mol. The fourth-order valence-corrected chi connectivity index (χ4v) is 3.68. The standard InChI is InChI=1S/C12H26N2O3S/c1-2-4-11(6-7-13)9-14-18(15,16)10-12-5-3-8-17-12/h11-12,14H,2-10,13H2,1H3. The fraction of sp³-hybridized carbons (Fsp3) is 1.00. The molecule has 2 atom stereocenters. The van der Waals surface area contributed by atoms with Crippen LogP contribution in [-0.4, -0.2) is 40.0 Å². The van der Waals surface area contributed by atoms with E-state index in [-0.39, 0.29) is 11.9 Å². The van der Waals surface area contributed by atoms with Gasteiger partial charge >= 0.3 is 0 Å². The highest BCUT2D eigenvalue weighted by Gasteiger charge is 2.23. The van der Waals surface area contributed by atoms with E-state index in [0.717, 1.165) is 32.1 Å². The molecular weight excluding hydrogens is 252 g/mol. The smallest absolute Gasteiger partial charge is 0.214 e. The number of sulfonamides is 1. The predicted molar refractivity (Wildman–Crippen MR) is 72.8 cm³/mol. The van der Waals surface area contributed by atoms with Crippen LogP contribution in [-0.2, 0) is 14.8 Å². The molecular formula is C12H26N2O3S. The van der Waals surface area contributed by atoms with Gasteiger partial charge in [0.1, 0.15) is 0 Å². The molecule has 0 aromatic rings. The van der Waals surface area contributed by atoms with Crippen LogP contribution < -0.4 is 10.5 Å². The second-order valence-corrected chi connectivity index (χ2v) is 6.85. The molecule has 5 nitrogen and oxygen atoms in total. The Bertz CT molecular complexity index is 307. The Morgan fingerprint density at radius 1 is 1.44 bits per heavy atom. The minimum atomic E-state index is -3.21.